The summed E-state index contributed by atoms with van der Waals surface area (Å²) in [5.74, 6) is -1.04. The summed E-state index contributed by atoms with van der Waals surface area (Å²) in [6, 6.07) is 0. The molecule has 0 saturated carbocycles. The highest BCUT2D eigenvalue weighted by atomic mass is 28.4. The van der Waals surface area contributed by atoms with Crippen LogP contribution in [0.4, 0.5) is 0 Å². The van der Waals surface area contributed by atoms with Gasteiger partial charge in [-0.25, -0.2) is 4.79 Å². The molecule has 3 atom stereocenters. The highest BCUT2D eigenvalue weighted by Gasteiger charge is 2.41. The molecule has 2 unspecified atom stereocenters. The summed E-state index contributed by atoms with van der Waals surface area (Å²) in [5.41, 5.74) is 0. The van der Waals surface area contributed by atoms with E-state index in [0.717, 1.165) is 32.5 Å². The second kappa shape index (κ2) is 12.1. The van der Waals surface area contributed by atoms with Crippen molar-refractivity contribution in [2.75, 3.05) is 19.6 Å². The molecule has 35 heavy (non-hydrogen) atoms. The van der Waals surface area contributed by atoms with E-state index in [2.05, 4.69) is 86.5 Å². The van der Waals surface area contributed by atoms with Crippen molar-refractivity contribution < 1.29 is 23.1 Å². The van der Waals surface area contributed by atoms with E-state index >= 15 is 0 Å². The molecule has 0 spiro atoms. The maximum absolute atomic E-state index is 12.1. The Hall–Kier alpha value is -0.256. The number of carbonyl (C=O) groups excluding carboxylic acids is 1. The van der Waals surface area contributed by atoms with Crippen LogP contribution in [-0.4, -0.2) is 71.2 Å². The van der Waals surface area contributed by atoms with Crippen LogP contribution in [0.25, 0.3) is 0 Å². The first-order valence-electron chi connectivity index (χ1n) is 13.5. The predicted octanol–water partition coefficient (Wildman–Crippen LogP) is 6.96. The van der Waals surface area contributed by atoms with Crippen molar-refractivity contribution in [3.8, 4) is 0 Å². The van der Waals surface area contributed by atoms with Crippen molar-refractivity contribution in [1.29, 1.82) is 0 Å². The Labute approximate surface area is 219 Å². The molecule has 208 valence electrons. The number of ether oxygens (including phenoxy) is 2. The summed E-state index contributed by atoms with van der Waals surface area (Å²) < 4.78 is 24.4. The van der Waals surface area contributed by atoms with Crippen LogP contribution in [0.3, 0.4) is 0 Å². The Bertz CT molecular complexity index is 646. The van der Waals surface area contributed by atoms with E-state index < -0.39 is 28.5 Å². The van der Waals surface area contributed by atoms with E-state index in [1.807, 2.05) is 0 Å². The second-order valence-corrected chi connectivity index (χ2v) is 23.6. The van der Waals surface area contributed by atoms with Gasteiger partial charge in [0.2, 0.25) is 5.79 Å². The standard InChI is InChI=1S/C27H57NO5Si2/c1-21(32-34(11,12)25(3,4)5)19-28(20-22(2)33-35(13,14)26(6,7)8)18-16-15-17-23-24(29)31-27(9,10)30-23/h21-23H,15-20H2,1-14H3/t21-,22?,23?/m1/s1. The minimum absolute atomic E-state index is 0.157. The monoisotopic (exact) mass is 531 g/mol. The molecule has 0 aromatic heterocycles. The minimum atomic E-state index is -1.83. The fourth-order valence-corrected chi connectivity index (χ4v) is 6.85. The molecule has 0 bridgehead atoms. The zero-order chi connectivity index (χ0) is 27.5. The zero-order valence-corrected chi connectivity index (χ0v) is 27.5. The van der Waals surface area contributed by atoms with Crippen LogP contribution in [0.2, 0.25) is 36.3 Å². The molecular formula is C27H57NO5Si2. The molecule has 0 radical (unpaired) electrons. The van der Waals surface area contributed by atoms with Gasteiger partial charge in [0.1, 0.15) is 0 Å². The Kier molecular flexibility index (Phi) is 11.3. The SMILES string of the molecule is CC(CN(CCCCC1OC(C)(C)OC1=O)C[C@@H](C)O[Si](C)(C)C(C)(C)C)O[Si](C)(C)C(C)(C)C. The zero-order valence-electron chi connectivity index (χ0n) is 25.5. The molecule has 8 heteroatoms. The van der Waals surface area contributed by atoms with Crippen molar-refractivity contribution in [2.24, 2.45) is 0 Å². The molecule has 0 N–H and O–H groups in total. The van der Waals surface area contributed by atoms with Gasteiger partial charge in [-0.05, 0) is 75.9 Å². The van der Waals surface area contributed by atoms with E-state index in [1.54, 1.807) is 13.8 Å². The first kappa shape index (κ1) is 32.8. The van der Waals surface area contributed by atoms with Crippen LogP contribution >= 0.6 is 0 Å². The molecule has 6 nitrogen and oxygen atoms in total. The molecule has 0 aromatic rings. The maximum atomic E-state index is 12.1. The van der Waals surface area contributed by atoms with Crippen molar-refractivity contribution in [3.05, 3.63) is 0 Å². The van der Waals surface area contributed by atoms with E-state index in [-0.39, 0.29) is 28.3 Å². The Morgan fingerprint density at radius 3 is 1.66 bits per heavy atom. The number of cyclic esters (lactones) is 1. The van der Waals surface area contributed by atoms with Gasteiger partial charge in [-0.3, -0.25) is 4.90 Å². The topological polar surface area (TPSA) is 57.2 Å². The van der Waals surface area contributed by atoms with Gasteiger partial charge < -0.3 is 18.3 Å². The number of esters is 1. The predicted molar refractivity (Wildman–Crippen MR) is 151 cm³/mol. The molecule has 0 aromatic carbocycles. The molecule has 1 fully saturated rings. The van der Waals surface area contributed by atoms with Gasteiger partial charge in [0, 0.05) is 26.9 Å². The van der Waals surface area contributed by atoms with Crippen LogP contribution in [0.5, 0.6) is 0 Å². The van der Waals surface area contributed by atoms with Crippen LogP contribution in [0.1, 0.15) is 88.5 Å². The third kappa shape index (κ3) is 10.6. The first-order chi connectivity index (χ1) is 15.6. The molecule has 1 saturated heterocycles. The van der Waals surface area contributed by atoms with Crippen LogP contribution in [-0.2, 0) is 23.1 Å². The minimum Gasteiger partial charge on any atom is -0.432 e. The van der Waals surface area contributed by atoms with Gasteiger partial charge in [-0.1, -0.05) is 41.5 Å². The number of rotatable bonds is 13. The summed E-state index contributed by atoms with van der Waals surface area (Å²) in [6.45, 7) is 33.7. The smallest absolute Gasteiger partial charge is 0.337 e. The van der Waals surface area contributed by atoms with Crippen molar-refractivity contribution in [1.82, 2.24) is 4.90 Å². The molecular weight excluding hydrogens is 474 g/mol. The fraction of sp³-hybridized carbons (Fsp3) is 0.963. The van der Waals surface area contributed by atoms with E-state index in [0.29, 0.717) is 6.42 Å². The van der Waals surface area contributed by atoms with E-state index in [1.165, 1.54) is 0 Å². The Morgan fingerprint density at radius 2 is 1.31 bits per heavy atom. The molecule has 1 heterocycles. The lowest BCUT2D eigenvalue weighted by molar-refractivity contribution is -0.160. The molecule has 1 aliphatic rings. The largest absolute Gasteiger partial charge is 0.432 e. The molecule has 1 rings (SSSR count). The van der Waals surface area contributed by atoms with Gasteiger partial charge in [0.25, 0.3) is 0 Å². The third-order valence-electron chi connectivity index (χ3n) is 7.86. The molecule has 0 amide bonds. The normalized spacial score (nSPS) is 21.3. The average molecular weight is 532 g/mol. The summed E-state index contributed by atoms with van der Waals surface area (Å²) >= 11 is 0. The molecule has 0 aliphatic carbocycles. The number of hydrogen-bond donors (Lipinski definition) is 0. The summed E-state index contributed by atoms with van der Waals surface area (Å²) in [6.07, 6.45) is 2.48. The average Bonchev–Trinajstić information content (AvgIpc) is 2.87. The van der Waals surface area contributed by atoms with Gasteiger partial charge in [-0.15, -0.1) is 0 Å². The van der Waals surface area contributed by atoms with Gasteiger partial charge in [-0.2, -0.15) is 0 Å². The fourth-order valence-electron chi connectivity index (χ4n) is 3.98. The molecule has 1 aliphatic heterocycles. The van der Waals surface area contributed by atoms with E-state index in [4.69, 9.17) is 18.3 Å². The number of carbonyl (C=O) groups is 1. The lowest BCUT2D eigenvalue weighted by Crippen LogP contribution is -2.49. The lowest BCUT2D eigenvalue weighted by Gasteiger charge is -2.41. The lowest BCUT2D eigenvalue weighted by atomic mass is 10.1. The van der Waals surface area contributed by atoms with Gasteiger partial charge in [0.05, 0.1) is 12.2 Å². The number of unbranched alkanes of at least 4 members (excludes halogenated alkanes) is 1. The van der Waals surface area contributed by atoms with Crippen LogP contribution in [0, 0.1) is 0 Å². The summed E-state index contributed by atoms with van der Waals surface area (Å²) in [7, 11) is -3.67. The summed E-state index contributed by atoms with van der Waals surface area (Å²) in [4.78, 5) is 14.5. The number of hydrogen-bond acceptors (Lipinski definition) is 6. The van der Waals surface area contributed by atoms with Gasteiger partial charge in [0.15, 0.2) is 22.7 Å². The van der Waals surface area contributed by atoms with Crippen molar-refractivity contribution in [2.45, 2.75) is 149 Å². The quantitative estimate of drug-likeness (QED) is 0.145. The first-order valence-corrected chi connectivity index (χ1v) is 19.4. The van der Waals surface area contributed by atoms with Crippen LogP contribution in [0.15, 0.2) is 0 Å². The van der Waals surface area contributed by atoms with Gasteiger partial charge >= 0.3 is 5.97 Å². The maximum Gasteiger partial charge on any atom is 0.337 e. The van der Waals surface area contributed by atoms with Crippen molar-refractivity contribution in [3.63, 3.8) is 0 Å². The third-order valence-corrected chi connectivity index (χ3v) is 17.1. The summed E-state index contributed by atoms with van der Waals surface area (Å²) in [5, 5.41) is 0.378. The highest BCUT2D eigenvalue weighted by Crippen LogP contribution is 2.38. The number of nitrogens with zero attached hydrogens (tertiary/aromatic N) is 1. The second-order valence-electron chi connectivity index (χ2n) is 14.1. The highest BCUT2D eigenvalue weighted by molar-refractivity contribution is 6.74. The van der Waals surface area contributed by atoms with Crippen molar-refractivity contribution >= 4 is 22.6 Å². The Morgan fingerprint density at radius 1 is 0.886 bits per heavy atom. The van der Waals surface area contributed by atoms with Crippen LogP contribution < -0.4 is 0 Å². The van der Waals surface area contributed by atoms with E-state index in [9.17, 15) is 4.79 Å². The Balaban J connectivity index is 2.76.